The second-order valence-corrected chi connectivity index (χ2v) is 4.55. The lowest BCUT2D eigenvalue weighted by Gasteiger charge is -2.28. The summed E-state index contributed by atoms with van der Waals surface area (Å²) < 4.78 is 0. The van der Waals surface area contributed by atoms with Gasteiger partial charge in [-0.1, -0.05) is 36.8 Å². The van der Waals surface area contributed by atoms with Crippen LogP contribution in [0.15, 0.2) is 24.3 Å². The van der Waals surface area contributed by atoms with Crippen molar-refractivity contribution in [3.8, 4) is 0 Å². The Kier molecular flexibility index (Phi) is 2.87. The molecule has 14 heavy (non-hydrogen) atoms. The molecule has 2 unspecified atom stereocenters. The van der Waals surface area contributed by atoms with Gasteiger partial charge in [-0.05, 0) is 37.8 Å². The molecule has 0 radical (unpaired) electrons. The van der Waals surface area contributed by atoms with Gasteiger partial charge in [0.25, 0.3) is 0 Å². The second kappa shape index (κ2) is 4.14. The van der Waals surface area contributed by atoms with Crippen LogP contribution in [0.1, 0.15) is 36.9 Å². The third-order valence-corrected chi connectivity index (χ3v) is 3.11. The molecule has 1 saturated heterocycles. The molecule has 0 aliphatic carbocycles. The van der Waals surface area contributed by atoms with E-state index in [0.29, 0.717) is 6.04 Å². The summed E-state index contributed by atoms with van der Waals surface area (Å²) in [6.07, 6.45) is 2.60. The van der Waals surface area contributed by atoms with Crippen LogP contribution < -0.4 is 5.32 Å². The van der Waals surface area contributed by atoms with Gasteiger partial charge in [0, 0.05) is 6.04 Å². The first-order valence-corrected chi connectivity index (χ1v) is 5.55. The summed E-state index contributed by atoms with van der Waals surface area (Å²) in [5, 5.41) is 3.59. The molecule has 1 aromatic carbocycles. The molecule has 1 heteroatoms. The van der Waals surface area contributed by atoms with Gasteiger partial charge in [0.1, 0.15) is 0 Å². The van der Waals surface area contributed by atoms with E-state index < -0.39 is 0 Å². The van der Waals surface area contributed by atoms with Crippen LogP contribution in [-0.2, 0) is 0 Å². The maximum Gasteiger partial charge on any atom is 0.0322 e. The fourth-order valence-corrected chi connectivity index (χ4v) is 2.25. The van der Waals surface area contributed by atoms with Crippen molar-refractivity contribution in [1.82, 2.24) is 5.32 Å². The molecule has 0 bridgehead atoms. The van der Waals surface area contributed by atoms with Gasteiger partial charge in [-0.25, -0.2) is 0 Å². The van der Waals surface area contributed by atoms with Crippen molar-refractivity contribution in [2.24, 2.45) is 5.92 Å². The van der Waals surface area contributed by atoms with Crippen LogP contribution in [0.25, 0.3) is 0 Å². The van der Waals surface area contributed by atoms with E-state index in [-0.39, 0.29) is 0 Å². The molecule has 1 nitrogen and oxygen atoms in total. The number of aryl methyl sites for hydroxylation is 1. The van der Waals surface area contributed by atoms with Crippen molar-refractivity contribution in [3.05, 3.63) is 35.4 Å². The van der Waals surface area contributed by atoms with E-state index in [2.05, 4.69) is 43.4 Å². The van der Waals surface area contributed by atoms with E-state index in [4.69, 9.17) is 0 Å². The molecule has 2 atom stereocenters. The molecule has 1 fully saturated rings. The van der Waals surface area contributed by atoms with Gasteiger partial charge in [-0.3, -0.25) is 0 Å². The van der Waals surface area contributed by atoms with Crippen molar-refractivity contribution in [1.29, 1.82) is 0 Å². The van der Waals surface area contributed by atoms with Gasteiger partial charge in [0.2, 0.25) is 0 Å². The molecule has 2 rings (SSSR count). The van der Waals surface area contributed by atoms with Crippen molar-refractivity contribution < 1.29 is 0 Å². The lowest BCUT2D eigenvalue weighted by Crippen LogP contribution is -2.30. The van der Waals surface area contributed by atoms with Gasteiger partial charge < -0.3 is 5.32 Å². The van der Waals surface area contributed by atoms with Gasteiger partial charge in [-0.2, -0.15) is 0 Å². The summed E-state index contributed by atoms with van der Waals surface area (Å²) >= 11 is 0. The predicted octanol–water partition coefficient (Wildman–Crippen LogP) is 3.06. The molecule has 1 N–H and O–H groups in total. The Hall–Kier alpha value is -0.820. The molecule has 1 aliphatic rings. The minimum absolute atomic E-state index is 0.582. The third kappa shape index (κ3) is 2.16. The first kappa shape index (κ1) is 9.72. The van der Waals surface area contributed by atoms with E-state index in [1.807, 2.05) is 0 Å². The minimum atomic E-state index is 0.582. The monoisotopic (exact) mass is 189 g/mol. The lowest BCUT2D eigenvalue weighted by atomic mass is 9.90. The summed E-state index contributed by atoms with van der Waals surface area (Å²) in [5.74, 6) is 0.863. The Morgan fingerprint density at radius 2 is 2.21 bits per heavy atom. The Labute approximate surface area is 86.5 Å². The van der Waals surface area contributed by atoms with E-state index in [9.17, 15) is 0 Å². The molecule has 0 amide bonds. The highest BCUT2D eigenvalue weighted by Crippen LogP contribution is 2.26. The van der Waals surface area contributed by atoms with Crippen molar-refractivity contribution in [2.75, 3.05) is 6.54 Å². The SMILES string of the molecule is Cc1cccc(C2CC(C)CCN2)c1. The quantitative estimate of drug-likeness (QED) is 0.716. The molecular weight excluding hydrogens is 170 g/mol. The largest absolute Gasteiger partial charge is 0.310 e. The van der Waals surface area contributed by atoms with Crippen molar-refractivity contribution >= 4 is 0 Å². The van der Waals surface area contributed by atoms with Crippen LogP contribution in [0.2, 0.25) is 0 Å². The standard InChI is InChI=1S/C13H19N/c1-10-4-3-5-12(8-10)13-9-11(2)6-7-14-13/h3-5,8,11,13-14H,6-7,9H2,1-2H3. The molecule has 0 saturated carbocycles. The first-order valence-electron chi connectivity index (χ1n) is 5.55. The maximum atomic E-state index is 3.59. The van der Waals surface area contributed by atoms with Crippen LogP contribution in [0, 0.1) is 12.8 Å². The average Bonchev–Trinajstić information content (AvgIpc) is 2.18. The van der Waals surface area contributed by atoms with E-state index in [0.717, 1.165) is 5.92 Å². The highest BCUT2D eigenvalue weighted by atomic mass is 14.9. The van der Waals surface area contributed by atoms with Crippen LogP contribution in [0.4, 0.5) is 0 Å². The highest BCUT2D eigenvalue weighted by molar-refractivity contribution is 5.25. The summed E-state index contributed by atoms with van der Waals surface area (Å²) in [5.41, 5.74) is 2.82. The Morgan fingerprint density at radius 1 is 1.36 bits per heavy atom. The Morgan fingerprint density at radius 3 is 2.93 bits per heavy atom. The normalized spacial score (nSPS) is 27.6. The highest BCUT2D eigenvalue weighted by Gasteiger charge is 2.19. The Bertz CT molecular complexity index is 306. The molecular formula is C13H19N. The predicted molar refractivity (Wildman–Crippen MR) is 60.3 cm³/mol. The van der Waals surface area contributed by atoms with Crippen LogP contribution in [0.5, 0.6) is 0 Å². The maximum absolute atomic E-state index is 3.59. The van der Waals surface area contributed by atoms with Crippen molar-refractivity contribution in [2.45, 2.75) is 32.7 Å². The molecule has 0 spiro atoms. The number of rotatable bonds is 1. The minimum Gasteiger partial charge on any atom is -0.310 e. The smallest absolute Gasteiger partial charge is 0.0322 e. The molecule has 0 aromatic heterocycles. The number of piperidine rings is 1. The van der Waals surface area contributed by atoms with Crippen LogP contribution in [0.3, 0.4) is 0 Å². The molecule has 76 valence electrons. The van der Waals surface area contributed by atoms with Gasteiger partial charge >= 0.3 is 0 Å². The zero-order chi connectivity index (χ0) is 9.97. The number of hydrogen-bond donors (Lipinski definition) is 1. The van der Waals surface area contributed by atoms with Crippen LogP contribution in [-0.4, -0.2) is 6.54 Å². The second-order valence-electron chi connectivity index (χ2n) is 4.55. The fraction of sp³-hybridized carbons (Fsp3) is 0.538. The lowest BCUT2D eigenvalue weighted by molar-refractivity contribution is 0.325. The third-order valence-electron chi connectivity index (χ3n) is 3.11. The Balaban J connectivity index is 2.14. The molecule has 1 aliphatic heterocycles. The zero-order valence-corrected chi connectivity index (χ0v) is 9.09. The van der Waals surface area contributed by atoms with E-state index >= 15 is 0 Å². The zero-order valence-electron chi connectivity index (χ0n) is 9.09. The molecule has 1 heterocycles. The van der Waals surface area contributed by atoms with Gasteiger partial charge in [0.15, 0.2) is 0 Å². The topological polar surface area (TPSA) is 12.0 Å². The fourth-order valence-electron chi connectivity index (χ4n) is 2.25. The number of hydrogen-bond acceptors (Lipinski definition) is 1. The van der Waals surface area contributed by atoms with E-state index in [1.165, 1.54) is 30.5 Å². The van der Waals surface area contributed by atoms with Gasteiger partial charge in [0.05, 0.1) is 0 Å². The van der Waals surface area contributed by atoms with Crippen molar-refractivity contribution in [3.63, 3.8) is 0 Å². The number of nitrogens with one attached hydrogen (secondary N) is 1. The summed E-state index contributed by atoms with van der Waals surface area (Å²) in [6.45, 7) is 5.68. The number of benzene rings is 1. The molecule has 1 aromatic rings. The van der Waals surface area contributed by atoms with E-state index in [1.54, 1.807) is 0 Å². The summed E-state index contributed by atoms with van der Waals surface area (Å²) in [7, 11) is 0. The average molecular weight is 189 g/mol. The first-order chi connectivity index (χ1) is 6.75. The summed E-state index contributed by atoms with van der Waals surface area (Å²) in [4.78, 5) is 0. The summed E-state index contributed by atoms with van der Waals surface area (Å²) in [6, 6.07) is 9.44. The van der Waals surface area contributed by atoms with Gasteiger partial charge in [-0.15, -0.1) is 0 Å². The van der Waals surface area contributed by atoms with Crippen LogP contribution >= 0.6 is 0 Å².